The summed E-state index contributed by atoms with van der Waals surface area (Å²) in [5.74, 6) is -0.539. The Balaban J connectivity index is 0.00000280. The molecule has 0 radical (unpaired) electrons. The standard InChI is InChI=1S/C20H15Cl2N3O2.ClH/c1-25(19(26)11-14-12-23-8-9-24-14)18-7-6-13(21)10-16(18)20(27)15-4-2-3-5-17(15)22;/h2-10,12H,11H2,1H3;1H. The van der Waals surface area contributed by atoms with E-state index in [9.17, 15) is 9.59 Å². The van der Waals surface area contributed by atoms with Crippen molar-refractivity contribution >= 4 is 53.0 Å². The number of hydrogen-bond acceptors (Lipinski definition) is 4. The third-order valence-corrected chi connectivity index (χ3v) is 4.57. The molecule has 0 saturated heterocycles. The van der Waals surface area contributed by atoms with Gasteiger partial charge in [-0.25, -0.2) is 0 Å². The number of nitrogens with zero attached hydrogens (tertiary/aromatic N) is 3. The summed E-state index contributed by atoms with van der Waals surface area (Å²) in [4.78, 5) is 35.2. The van der Waals surface area contributed by atoms with Gasteiger partial charge in [-0.1, -0.05) is 35.3 Å². The maximum Gasteiger partial charge on any atom is 0.232 e. The number of rotatable bonds is 5. The van der Waals surface area contributed by atoms with Gasteiger partial charge in [0.15, 0.2) is 5.78 Å². The number of hydrogen-bond donors (Lipinski definition) is 0. The summed E-state index contributed by atoms with van der Waals surface area (Å²) in [6, 6.07) is 11.6. The minimum absolute atomic E-state index is 0. The van der Waals surface area contributed by atoms with Crippen molar-refractivity contribution in [2.24, 2.45) is 0 Å². The number of ketones is 1. The highest BCUT2D eigenvalue weighted by molar-refractivity contribution is 6.36. The molecule has 0 bridgehead atoms. The largest absolute Gasteiger partial charge is 0.314 e. The third-order valence-electron chi connectivity index (χ3n) is 4.01. The quantitative estimate of drug-likeness (QED) is 0.547. The molecule has 0 atom stereocenters. The zero-order valence-electron chi connectivity index (χ0n) is 14.8. The molecule has 144 valence electrons. The lowest BCUT2D eigenvalue weighted by Crippen LogP contribution is -2.29. The minimum atomic E-state index is -0.308. The van der Waals surface area contributed by atoms with Crippen molar-refractivity contribution in [3.63, 3.8) is 0 Å². The van der Waals surface area contributed by atoms with Crippen LogP contribution in [0.4, 0.5) is 5.69 Å². The molecule has 0 aliphatic carbocycles. The fourth-order valence-corrected chi connectivity index (χ4v) is 3.00. The van der Waals surface area contributed by atoms with Crippen molar-refractivity contribution in [2.45, 2.75) is 6.42 Å². The average molecular weight is 437 g/mol. The lowest BCUT2D eigenvalue weighted by molar-refractivity contribution is -0.117. The summed E-state index contributed by atoms with van der Waals surface area (Å²) in [5, 5.41) is 0.728. The maximum absolute atomic E-state index is 13.0. The monoisotopic (exact) mass is 435 g/mol. The van der Waals surface area contributed by atoms with Crippen molar-refractivity contribution in [3.8, 4) is 0 Å². The molecule has 0 aliphatic heterocycles. The SMILES string of the molecule is CN(C(=O)Cc1cnccn1)c1ccc(Cl)cc1C(=O)c1ccccc1Cl.Cl. The zero-order valence-corrected chi connectivity index (χ0v) is 17.1. The van der Waals surface area contributed by atoms with Crippen LogP contribution in [-0.4, -0.2) is 28.7 Å². The molecule has 28 heavy (non-hydrogen) atoms. The van der Waals surface area contributed by atoms with Gasteiger partial charge in [-0.2, -0.15) is 0 Å². The van der Waals surface area contributed by atoms with Crippen LogP contribution in [0.3, 0.4) is 0 Å². The van der Waals surface area contributed by atoms with E-state index in [1.54, 1.807) is 43.4 Å². The highest BCUT2D eigenvalue weighted by atomic mass is 35.5. The molecule has 1 amide bonds. The lowest BCUT2D eigenvalue weighted by atomic mass is 10.0. The third kappa shape index (κ3) is 4.87. The van der Waals surface area contributed by atoms with Crippen molar-refractivity contribution < 1.29 is 9.59 Å². The van der Waals surface area contributed by atoms with E-state index in [4.69, 9.17) is 23.2 Å². The van der Waals surface area contributed by atoms with Gasteiger partial charge >= 0.3 is 0 Å². The van der Waals surface area contributed by atoms with E-state index >= 15 is 0 Å². The summed E-state index contributed by atoms with van der Waals surface area (Å²) < 4.78 is 0. The topological polar surface area (TPSA) is 63.2 Å². The first-order chi connectivity index (χ1) is 13.0. The Hall–Kier alpha value is -2.47. The van der Waals surface area contributed by atoms with E-state index in [0.29, 0.717) is 32.6 Å². The van der Waals surface area contributed by atoms with Crippen LogP contribution in [0.1, 0.15) is 21.6 Å². The Morgan fingerprint density at radius 3 is 2.46 bits per heavy atom. The molecule has 0 N–H and O–H groups in total. The average Bonchev–Trinajstić information content (AvgIpc) is 2.68. The minimum Gasteiger partial charge on any atom is -0.314 e. The van der Waals surface area contributed by atoms with Gasteiger partial charge in [0.05, 0.1) is 22.8 Å². The molecule has 3 rings (SSSR count). The van der Waals surface area contributed by atoms with Gasteiger partial charge in [0.25, 0.3) is 0 Å². The second-order valence-corrected chi connectivity index (χ2v) is 6.64. The van der Waals surface area contributed by atoms with E-state index < -0.39 is 0 Å². The molecule has 3 aromatic rings. The van der Waals surface area contributed by atoms with E-state index in [-0.39, 0.29) is 30.5 Å². The van der Waals surface area contributed by atoms with Gasteiger partial charge in [0, 0.05) is 41.8 Å². The molecule has 1 heterocycles. The lowest BCUT2D eigenvalue weighted by Gasteiger charge is -2.20. The summed E-state index contributed by atoms with van der Waals surface area (Å²) in [6.07, 6.45) is 4.66. The van der Waals surface area contributed by atoms with Crippen LogP contribution in [0.5, 0.6) is 0 Å². The second-order valence-electron chi connectivity index (χ2n) is 5.80. The van der Waals surface area contributed by atoms with Crippen molar-refractivity contribution in [2.75, 3.05) is 11.9 Å². The molecule has 0 aliphatic rings. The first-order valence-electron chi connectivity index (χ1n) is 8.07. The Bertz CT molecular complexity index is 997. The normalized spacial score (nSPS) is 10.1. The molecular formula is C20H16Cl3N3O2. The van der Waals surface area contributed by atoms with E-state index in [2.05, 4.69) is 9.97 Å². The smallest absolute Gasteiger partial charge is 0.232 e. The maximum atomic E-state index is 13.0. The number of anilines is 1. The van der Waals surface area contributed by atoms with Crippen LogP contribution < -0.4 is 4.90 Å². The van der Waals surface area contributed by atoms with Crippen molar-refractivity contribution in [1.82, 2.24) is 9.97 Å². The van der Waals surface area contributed by atoms with Gasteiger partial charge in [-0.15, -0.1) is 12.4 Å². The Morgan fingerprint density at radius 1 is 1.04 bits per heavy atom. The van der Waals surface area contributed by atoms with Crippen molar-refractivity contribution in [1.29, 1.82) is 0 Å². The summed E-state index contributed by atoms with van der Waals surface area (Å²) in [5.41, 5.74) is 1.63. The van der Waals surface area contributed by atoms with Crippen LogP contribution >= 0.6 is 35.6 Å². The first-order valence-corrected chi connectivity index (χ1v) is 8.83. The Kier molecular flexibility index (Phi) is 7.52. The predicted molar refractivity (Wildman–Crippen MR) is 113 cm³/mol. The fraction of sp³-hybridized carbons (Fsp3) is 0.100. The fourth-order valence-electron chi connectivity index (χ4n) is 2.60. The molecule has 8 heteroatoms. The van der Waals surface area contributed by atoms with Gasteiger partial charge in [0.1, 0.15) is 0 Å². The van der Waals surface area contributed by atoms with Crippen LogP contribution in [0.25, 0.3) is 0 Å². The number of benzene rings is 2. The van der Waals surface area contributed by atoms with Crippen LogP contribution in [0, 0.1) is 0 Å². The van der Waals surface area contributed by atoms with E-state index in [0.717, 1.165) is 0 Å². The second kappa shape index (κ2) is 9.64. The summed E-state index contributed by atoms with van der Waals surface area (Å²) in [6.45, 7) is 0. The molecule has 5 nitrogen and oxygen atoms in total. The molecule has 2 aromatic carbocycles. The van der Waals surface area contributed by atoms with E-state index in [1.807, 2.05) is 0 Å². The number of amides is 1. The highest BCUT2D eigenvalue weighted by Crippen LogP contribution is 2.28. The number of halogens is 3. The van der Waals surface area contributed by atoms with Crippen LogP contribution in [0.2, 0.25) is 10.0 Å². The van der Waals surface area contributed by atoms with Gasteiger partial charge in [0.2, 0.25) is 5.91 Å². The molecule has 0 unspecified atom stereocenters. The summed E-state index contributed by atoms with van der Waals surface area (Å²) in [7, 11) is 1.60. The first kappa shape index (κ1) is 21.8. The summed E-state index contributed by atoms with van der Waals surface area (Å²) >= 11 is 12.3. The van der Waals surface area contributed by atoms with Gasteiger partial charge < -0.3 is 4.90 Å². The predicted octanol–water partition coefficient (Wildman–Crippen LogP) is 4.64. The van der Waals surface area contributed by atoms with Crippen molar-refractivity contribution in [3.05, 3.63) is 87.9 Å². The van der Waals surface area contributed by atoms with Crippen LogP contribution in [-0.2, 0) is 11.2 Å². The molecule has 0 saturated carbocycles. The zero-order chi connectivity index (χ0) is 19.4. The molecule has 0 spiro atoms. The molecule has 1 aromatic heterocycles. The number of likely N-dealkylation sites (N-methyl/N-ethyl adjacent to an activating group) is 1. The van der Waals surface area contributed by atoms with Gasteiger partial charge in [-0.05, 0) is 30.3 Å². The van der Waals surface area contributed by atoms with Gasteiger partial charge in [-0.3, -0.25) is 19.6 Å². The number of carbonyl (C=O) groups excluding carboxylic acids is 2. The van der Waals surface area contributed by atoms with Crippen LogP contribution in [0.15, 0.2) is 61.1 Å². The van der Waals surface area contributed by atoms with E-state index in [1.165, 1.54) is 29.6 Å². The molecule has 0 fully saturated rings. The Labute approximate surface area is 178 Å². The number of carbonyl (C=O) groups is 2. The Morgan fingerprint density at radius 2 is 1.79 bits per heavy atom. The number of aromatic nitrogens is 2. The molecular weight excluding hydrogens is 421 g/mol. The highest BCUT2D eigenvalue weighted by Gasteiger charge is 2.22.